The van der Waals surface area contributed by atoms with Crippen LogP contribution in [0.3, 0.4) is 0 Å². The minimum Gasteiger partial charge on any atom is -0.405 e. The fraction of sp³-hybridized carbons (Fsp3) is 0.684. The van der Waals surface area contributed by atoms with Crippen LogP contribution in [0.15, 0.2) is 30.3 Å². The molecule has 1 aromatic carbocycles. The van der Waals surface area contributed by atoms with Crippen molar-refractivity contribution in [2.24, 2.45) is 17.3 Å². The summed E-state index contributed by atoms with van der Waals surface area (Å²) < 4.78 is 12.9. The Balaban J connectivity index is 1.48. The molecule has 2 bridgehead atoms. The van der Waals surface area contributed by atoms with E-state index in [4.69, 9.17) is 9.31 Å². The fourth-order valence-electron chi connectivity index (χ4n) is 5.23. The first-order valence-corrected chi connectivity index (χ1v) is 8.78. The lowest BCUT2D eigenvalue weighted by Crippen LogP contribution is -2.65. The summed E-state index contributed by atoms with van der Waals surface area (Å²) in [6, 6.07) is 10.7. The van der Waals surface area contributed by atoms with Gasteiger partial charge in [-0.15, -0.1) is 0 Å². The normalized spacial score (nSPS) is 40.0. The van der Waals surface area contributed by atoms with Gasteiger partial charge in [-0.05, 0) is 54.8 Å². The van der Waals surface area contributed by atoms with Crippen LogP contribution in [0, 0.1) is 17.3 Å². The van der Waals surface area contributed by atoms with Gasteiger partial charge in [-0.3, -0.25) is 0 Å². The number of hydrogen-bond donors (Lipinski definition) is 0. The average Bonchev–Trinajstić information content (AvgIpc) is 2.85. The minimum absolute atomic E-state index is 0.0506. The van der Waals surface area contributed by atoms with E-state index in [2.05, 4.69) is 58.0 Å². The molecule has 4 aliphatic rings. The zero-order valence-corrected chi connectivity index (χ0v) is 14.2. The molecule has 2 unspecified atom stereocenters. The van der Waals surface area contributed by atoms with Crippen molar-refractivity contribution in [3.63, 3.8) is 0 Å². The van der Waals surface area contributed by atoms with E-state index in [0.717, 1.165) is 12.3 Å². The summed E-state index contributed by atoms with van der Waals surface area (Å²) >= 11 is 0. The molecule has 118 valence electrons. The lowest BCUT2D eigenvalue weighted by Gasteiger charge is -2.64. The van der Waals surface area contributed by atoms with Crippen molar-refractivity contribution in [3.8, 4) is 0 Å². The molecule has 3 aliphatic carbocycles. The molecule has 1 saturated heterocycles. The molecule has 1 heterocycles. The Morgan fingerprint density at radius 3 is 2.59 bits per heavy atom. The summed E-state index contributed by atoms with van der Waals surface area (Å²) in [5.74, 6) is 1.87. The highest BCUT2D eigenvalue weighted by molar-refractivity contribution is 6.47. The number of rotatable bonds is 3. The van der Waals surface area contributed by atoms with Gasteiger partial charge >= 0.3 is 7.12 Å². The maximum Gasteiger partial charge on any atom is 0.461 e. The largest absolute Gasteiger partial charge is 0.461 e. The lowest BCUT2D eigenvalue weighted by molar-refractivity contribution is -0.199. The van der Waals surface area contributed by atoms with E-state index in [1.54, 1.807) is 0 Å². The summed E-state index contributed by atoms with van der Waals surface area (Å²) in [6.07, 6.45) is 3.82. The molecular formula is C19H27BO2. The molecule has 0 radical (unpaired) electrons. The van der Waals surface area contributed by atoms with Crippen LogP contribution < -0.4 is 0 Å². The molecule has 3 heteroatoms. The molecule has 1 aromatic rings. The van der Waals surface area contributed by atoms with Crippen LogP contribution in [-0.2, 0) is 15.7 Å². The van der Waals surface area contributed by atoms with Crippen LogP contribution in [0.2, 0.25) is 5.82 Å². The van der Waals surface area contributed by atoms with Gasteiger partial charge in [0.15, 0.2) is 0 Å². The summed E-state index contributed by atoms with van der Waals surface area (Å²) in [5.41, 5.74) is 1.71. The van der Waals surface area contributed by atoms with E-state index < -0.39 is 0 Å². The highest BCUT2D eigenvalue weighted by atomic mass is 16.7. The zero-order chi connectivity index (χ0) is 15.5. The van der Waals surface area contributed by atoms with Gasteiger partial charge in [-0.1, -0.05) is 51.1 Å². The first-order valence-electron chi connectivity index (χ1n) is 8.78. The predicted octanol–water partition coefficient (Wildman–Crippen LogP) is 4.35. The monoisotopic (exact) mass is 298 g/mol. The first kappa shape index (κ1) is 14.8. The Bertz CT molecular complexity index is 558. The van der Waals surface area contributed by atoms with Crippen LogP contribution in [0.5, 0.6) is 0 Å². The lowest BCUT2D eigenvalue weighted by atomic mass is 9.43. The summed E-state index contributed by atoms with van der Waals surface area (Å²) in [5, 5.41) is 0. The molecule has 0 amide bonds. The van der Waals surface area contributed by atoms with Crippen molar-refractivity contribution in [2.45, 2.75) is 64.5 Å². The average molecular weight is 298 g/mol. The topological polar surface area (TPSA) is 18.5 Å². The molecule has 1 aliphatic heterocycles. The highest BCUT2D eigenvalue weighted by Gasteiger charge is 2.68. The van der Waals surface area contributed by atoms with Gasteiger partial charge < -0.3 is 9.31 Å². The van der Waals surface area contributed by atoms with E-state index in [1.807, 2.05) is 0 Å². The highest BCUT2D eigenvalue weighted by Crippen LogP contribution is 2.66. The van der Waals surface area contributed by atoms with Crippen LogP contribution >= 0.6 is 0 Å². The standard InChI is InChI=1S/C19H27BO2/c1-13(10-14-8-6-5-7-9-14)20-21-17-12-15-11-16(18(15,2)3)19(17,4)22-20/h5-9,13,15-17H,10-12H2,1-4H3/t13-,15?,16?,17+,19-/m0/s1. The maximum atomic E-state index is 6.55. The van der Waals surface area contributed by atoms with Gasteiger partial charge in [0.05, 0.1) is 11.7 Å². The first-order chi connectivity index (χ1) is 10.4. The third-order valence-electron chi connectivity index (χ3n) is 6.83. The number of benzene rings is 1. The molecular weight excluding hydrogens is 271 g/mol. The molecule has 0 N–H and O–H groups in total. The molecule has 5 atom stereocenters. The molecule has 2 nitrogen and oxygen atoms in total. The van der Waals surface area contributed by atoms with Gasteiger partial charge in [-0.25, -0.2) is 0 Å². The van der Waals surface area contributed by atoms with Crippen molar-refractivity contribution in [2.75, 3.05) is 0 Å². The van der Waals surface area contributed by atoms with Crippen molar-refractivity contribution >= 4 is 7.12 Å². The van der Waals surface area contributed by atoms with Crippen molar-refractivity contribution in [1.82, 2.24) is 0 Å². The third-order valence-corrected chi connectivity index (χ3v) is 6.83. The van der Waals surface area contributed by atoms with Crippen molar-refractivity contribution in [3.05, 3.63) is 35.9 Å². The minimum atomic E-state index is -0.0755. The Morgan fingerprint density at radius 1 is 1.18 bits per heavy atom. The van der Waals surface area contributed by atoms with E-state index in [9.17, 15) is 0 Å². The summed E-state index contributed by atoms with van der Waals surface area (Å²) in [7, 11) is -0.0506. The Labute approximate surface area is 134 Å². The van der Waals surface area contributed by atoms with Crippen LogP contribution in [-0.4, -0.2) is 18.8 Å². The maximum absolute atomic E-state index is 6.55. The zero-order valence-electron chi connectivity index (χ0n) is 14.2. The SMILES string of the molecule is C[C@@H](Cc1ccccc1)B1O[C@@H]2CC3CC(C3(C)C)[C@]2(C)O1. The van der Waals surface area contributed by atoms with Crippen LogP contribution in [0.1, 0.15) is 46.1 Å². The fourth-order valence-corrected chi connectivity index (χ4v) is 5.23. The van der Waals surface area contributed by atoms with E-state index >= 15 is 0 Å². The molecule has 3 saturated carbocycles. The van der Waals surface area contributed by atoms with E-state index in [1.165, 1.54) is 18.4 Å². The quantitative estimate of drug-likeness (QED) is 0.772. The summed E-state index contributed by atoms with van der Waals surface area (Å²) in [4.78, 5) is 0. The third kappa shape index (κ3) is 2.01. The van der Waals surface area contributed by atoms with Gasteiger partial charge in [0.25, 0.3) is 0 Å². The van der Waals surface area contributed by atoms with Crippen LogP contribution in [0.4, 0.5) is 0 Å². The van der Waals surface area contributed by atoms with Gasteiger partial charge in [0, 0.05) is 0 Å². The summed E-state index contributed by atoms with van der Waals surface area (Å²) in [6.45, 7) is 9.39. The Kier molecular flexibility index (Phi) is 3.26. The molecule has 0 spiro atoms. The van der Waals surface area contributed by atoms with E-state index in [-0.39, 0.29) is 12.7 Å². The van der Waals surface area contributed by atoms with Crippen molar-refractivity contribution < 1.29 is 9.31 Å². The molecule has 4 fully saturated rings. The predicted molar refractivity (Wildman–Crippen MR) is 89.7 cm³/mol. The van der Waals surface area contributed by atoms with Gasteiger partial charge in [-0.2, -0.15) is 0 Å². The molecule has 0 aromatic heterocycles. The van der Waals surface area contributed by atoms with Crippen molar-refractivity contribution in [1.29, 1.82) is 0 Å². The Hall–Kier alpha value is -0.795. The van der Waals surface area contributed by atoms with Crippen LogP contribution in [0.25, 0.3) is 0 Å². The van der Waals surface area contributed by atoms with E-state index in [0.29, 0.717) is 23.3 Å². The molecule has 22 heavy (non-hydrogen) atoms. The smallest absolute Gasteiger partial charge is 0.405 e. The van der Waals surface area contributed by atoms with Gasteiger partial charge in [0.2, 0.25) is 0 Å². The van der Waals surface area contributed by atoms with Gasteiger partial charge in [0.1, 0.15) is 0 Å². The molecule has 5 rings (SSSR count). The second kappa shape index (κ2) is 4.85. The second-order valence-corrected chi connectivity index (χ2v) is 8.50. The second-order valence-electron chi connectivity index (χ2n) is 8.50. The number of hydrogen-bond acceptors (Lipinski definition) is 2. The Morgan fingerprint density at radius 2 is 1.91 bits per heavy atom.